The van der Waals surface area contributed by atoms with Crippen molar-refractivity contribution in [3.8, 4) is 0 Å². The summed E-state index contributed by atoms with van der Waals surface area (Å²) >= 11 is 0. The van der Waals surface area contributed by atoms with Gasteiger partial charge in [0, 0.05) is 24.3 Å². The molecule has 0 bridgehead atoms. The Labute approximate surface area is 155 Å². The van der Waals surface area contributed by atoms with Crippen LogP contribution in [0.25, 0.3) is 0 Å². The second-order valence-corrected chi connectivity index (χ2v) is 6.40. The van der Waals surface area contributed by atoms with Crippen LogP contribution in [0.15, 0.2) is 48.5 Å². The van der Waals surface area contributed by atoms with Crippen molar-refractivity contribution in [2.24, 2.45) is 5.92 Å². The third-order valence-corrected chi connectivity index (χ3v) is 4.28. The molecule has 1 saturated heterocycles. The molecule has 7 heteroatoms. The van der Waals surface area contributed by atoms with Gasteiger partial charge >= 0.3 is 5.97 Å². The number of esters is 1. The Morgan fingerprint density at radius 2 is 1.81 bits per heavy atom. The van der Waals surface area contributed by atoms with Gasteiger partial charge < -0.3 is 15.0 Å². The van der Waals surface area contributed by atoms with Crippen LogP contribution in [0.3, 0.4) is 0 Å². The lowest BCUT2D eigenvalue weighted by molar-refractivity contribution is -0.151. The van der Waals surface area contributed by atoms with Crippen molar-refractivity contribution in [1.29, 1.82) is 0 Å². The Bertz CT molecular complexity index is 849. The Kier molecular flexibility index (Phi) is 5.49. The van der Waals surface area contributed by atoms with Gasteiger partial charge in [0.15, 0.2) is 6.61 Å². The number of halogens is 1. The van der Waals surface area contributed by atoms with Crippen LogP contribution in [0.1, 0.15) is 12.0 Å². The van der Waals surface area contributed by atoms with Crippen molar-refractivity contribution in [3.63, 3.8) is 0 Å². The molecule has 2 amide bonds. The molecule has 0 aliphatic carbocycles. The van der Waals surface area contributed by atoms with E-state index >= 15 is 0 Å². The summed E-state index contributed by atoms with van der Waals surface area (Å²) in [6.45, 7) is 1.66. The van der Waals surface area contributed by atoms with Gasteiger partial charge in [0.1, 0.15) is 5.82 Å². The van der Waals surface area contributed by atoms with Crippen LogP contribution in [0.4, 0.5) is 15.8 Å². The molecule has 0 saturated carbocycles. The average molecular weight is 370 g/mol. The third kappa shape index (κ3) is 4.69. The van der Waals surface area contributed by atoms with Gasteiger partial charge in [-0.15, -0.1) is 0 Å². The molecule has 6 nitrogen and oxygen atoms in total. The van der Waals surface area contributed by atoms with Gasteiger partial charge in [-0.3, -0.25) is 14.4 Å². The van der Waals surface area contributed by atoms with Crippen LogP contribution < -0.4 is 10.2 Å². The van der Waals surface area contributed by atoms with Crippen LogP contribution >= 0.6 is 0 Å². The summed E-state index contributed by atoms with van der Waals surface area (Å²) in [4.78, 5) is 37.6. The molecule has 1 fully saturated rings. The second kappa shape index (κ2) is 7.99. The molecular formula is C20H19FN2O4. The Balaban J connectivity index is 1.51. The van der Waals surface area contributed by atoms with E-state index in [9.17, 15) is 18.8 Å². The SMILES string of the molecule is Cc1ccc(NC(=O)COC(=O)[C@H]2CC(=O)N(c3ccc(F)cc3)C2)cc1. The minimum atomic E-state index is -0.658. The molecule has 1 aliphatic rings. The molecule has 1 N–H and O–H groups in total. The van der Waals surface area contributed by atoms with E-state index in [-0.39, 0.29) is 18.9 Å². The number of hydrogen-bond donors (Lipinski definition) is 1. The summed E-state index contributed by atoms with van der Waals surface area (Å²) in [6.07, 6.45) is -0.00418. The zero-order valence-electron chi connectivity index (χ0n) is 14.8. The van der Waals surface area contributed by atoms with Gasteiger partial charge in [0.2, 0.25) is 5.91 Å². The second-order valence-electron chi connectivity index (χ2n) is 6.40. The molecule has 0 aromatic heterocycles. The fourth-order valence-electron chi connectivity index (χ4n) is 2.82. The molecule has 1 heterocycles. The first-order valence-corrected chi connectivity index (χ1v) is 8.51. The standard InChI is InChI=1S/C20H19FN2O4/c1-13-2-6-16(7-3-13)22-18(24)12-27-20(26)14-10-19(25)23(11-14)17-8-4-15(21)5-9-17/h2-9,14H,10-12H2,1H3,(H,22,24)/t14-/m0/s1. The molecule has 0 radical (unpaired) electrons. The predicted molar refractivity (Wildman–Crippen MR) is 97.6 cm³/mol. The van der Waals surface area contributed by atoms with Gasteiger partial charge in [-0.25, -0.2) is 4.39 Å². The quantitative estimate of drug-likeness (QED) is 0.821. The summed E-state index contributed by atoms with van der Waals surface area (Å²) < 4.78 is 18.1. The maximum atomic E-state index is 13.0. The van der Waals surface area contributed by atoms with E-state index in [1.807, 2.05) is 19.1 Å². The van der Waals surface area contributed by atoms with Crippen LogP contribution in [0, 0.1) is 18.7 Å². The number of anilines is 2. The Morgan fingerprint density at radius 3 is 2.48 bits per heavy atom. The molecule has 2 aromatic rings. The molecule has 3 rings (SSSR count). The zero-order valence-corrected chi connectivity index (χ0v) is 14.8. The van der Waals surface area contributed by atoms with Crippen LogP contribution in [-0.4, -0.2) is 30.9 Å². The van der Waals surface area contributed by atoms with E-state index in [2.05, 4.69) is 5.32 Å². The van der Waals surface area contributed by atoms with E-state index in [4.69, 9.17) is 4.74 Å². The smallest absolute Gasteiger partial charge is 0.311 e. The van der Waals surface area contributed by atoms with E-state index in [0.29, 0.717) is 11.4 Å². The van der Waals surface area contributed by atoms with E-state index in [1.54, 1.807) is 12.1 Å². The number of ether oxygens (including phenoxy) is 1. The van der Waals surface area contributed by atoms with Gasteiger partial charge in [0.25, 0.3) is 5.91 Å². The summed E-state index contributed by atoms with van der Waals surface area (Å²) in [5.41, 5.74) is 2.20. The van der Waals surface area contributed by atoms with Crippen molar-refractivity contribution in [2.45, 2.75) is 13.3 Å². The third-order valence-electron chi connectivity index (χ3n) is 4.28. The molecule has 0 spiro atoms. The summed E-state index contributed by atoms with van der Waals surface area (Å²) in [7, 11) is 0. The molecule has 27 heavy (non-hydrogen) atoms. The minimum Gasteiger partial charge on any atom is -0.455 e. The van der Waals surface area contributed by atoms with Crippen molar-refractivity contribution in [2.75, 3.05) is 23.4 Å². The largest absolute Gasteiger partial charge is 0.455 e. The number of carbonyl (C=O) groups is 3. The number of nitrogens with one attached hydrogen (secondary N) is 1. The van der Waals surface area contributed by atoms with Crippen molar-refractivity contribution in [3.05, 3.63) is 59.9 Å². The Hall–Kier alpha value is -3.22. The number of nitrogens with zero attached hydrogens (tertiary/aromatic N) is 1. The molecule has 0 unspecified atom stereocenters. The number of carbonyl (C=O) groups excluding carboxylic acids is 3. The summed E-state index contributed by atoms with van der Waals surface area (Å²) in [6, 6.07) is 12.7. The maximum absolute atomic E-state index is 13.0. The first-order chi connectivity index (χ1) is 12.9. The van der Waals surface area contributed by atoms with Gasteiger partial charge in [0.05, 0.1) is 5.92 Å². The first-order valence-electron chi connectivity index (χ1n) is 8.51. The average Bonchev–Trinajstić information content (AvgIpc) is 3.04. The van der Waals surface area contributed by atoms with Crippen LogP contribution in [0.5, 0.6) is 0 Å². The highest BCUT2D eigenvalue weighted by molar-refractivity contribution is 6.00. The molecule has 1 atom stereocenters. The van der Waals surface area contributed by atoms with E-state index in [0.717, 1.165) is 5.56 Å². The van der Waals surface area contributed by atoms with Gasteiger partial charge in [-0.05, 0) is 43.3 Å². The number of benzene rings is 2. The summed E-state index contributed by atoms with van der Waals surface area (Å²) in [5, 5.41) is 2.63. The number of amides is 2. The normalized spacial score (nSPS) is 16.3. The minimum absolute atomic E-state index is 0.00418. The lowest BCUT2D eigenvalue weighted by Gasteiger charge is -2.16. The first kappa shape index (κ1) is 18.6. The molecular weight excluding hydrogens is 351 g/mol. The van der Waals surface area contributed by atoms with Crippen molar-refractivity contribution < 1.29 is 23.5 Å². The predicted octanol–water partition coefficient (Wildman–Crippen LogP) is 2.67. The highest BCUT2D eigenvalue weighted by Gasteiger charge is 2.36. The monoisotopic (exact) mass is 370 g/mol. The topological polar surface area (TPSA) is 75.7 Å². The molecule has 140 valence electrons. The number of rotatable bonds is 5. The van der Waals surface area contributed by atoms with Crippen molar-refractivity contribution >= 4 is 29.2 Å². The van der Waals surface area contributed by atoms with Gasteiger partial charge in [-0.1, -0.05) is 17.7 Å². The van der Waals surface area contributed by atoms with E-state index < -0.39 is 30.2 Å². The van der Waals surface area contributed by atoms with Crippen LogP contribution in [-0.2, 0) is 19.1 Å². The molecule has 1 aliphatic heterocycles. The van der Waals surface area contributed by atoms with Crippen molar-refractivity contribution in [1.82, 2.24) is 0 Å². The number of aryl methyl sites for hydroxylation is 1. The van der Waals surface area contributed by atoms with Crippen LogP contribution in [0.2, 0.25) is 0 Å². The lowest BCUT2D eigenvalue weighted by atomic mass is 10.1. The number of hydrogen-bond acceptors (Lipinski definition) is 4. The lowest BCUT2D eigenvalue weighted by Crippen LogP contribution is -2.28. The Morgan fingerprint density at radius 1 is 1.15 bits per heavy atom. The highest BCUT2D eigenvalue weighted by Crippen LogP contribution is 2.26. The summed E-state index contributed by atoms with van der Waals surface area (Å²) in [5.74, 6) is -2.36. The fraction of sp³-hybridized carbons (Fsp3) is 0.250. The highest BCUT2D eigenvalue weighted by atomic mass is 19.1. The fourth-order valence-corrected chi connectivity index (χ4v) is 2.82. The van der Waals surface area contributed by atoms with Gasteiger partial charge in [-0.2, -0.15) is 0 Å². The molecule has 2 aromatic carbocycles. The maximum Gasteiger partial charge on any atom is 0.311 e. The zero-order chi connectivity index (χ0) is 19.4. The van der Waals surface area contributed by atoms with E-state index in [1.165, 1.54) is 29.2 Å².